The van der Waals surface area contributed by atoms with Crippen LogP contribution < -0.4 is 11.1 Å². The van der Waals surface area contributed by atoms with Gasteiger partial charge in [-0.25, -0.2) is 0 Å². The Bertz CT molecular complexity index is 579. The van der Waals surface area contributed by atoms with Crippen LogP contribution in [0.25, 0.3) is 0 Å². The molecular weight excluding hydrogens is 218 g/mol. The summed E-state index contributed by atoms with van der Waals surface area (Å²) in [6.07, 6.45) is 1.36. The predicted molar refractivity (Wildman–Crippen MR) is 62.1 cm³/mol. The van der Waals surface area contributed by atoms with Crippen LogP contribution >= 0.6 is 0 Å². The Hall–Kier alpha value is -2.81. The van der Waals surface area contributed by atoms with Gasteiger partial charge in [-0.2, -0.15) is 10.4 Å². The lowest BCUT2D eigenvalue weighted by molar-refractivity contribution is 0.102. The topological polar surface area (TPSA) is 108 Å². The van der Waals surface area contributed by atoms with Gasteiger partial charge in [0.05, 0.1) is 17.8 Å². The number of H-pyrrole nitrogens is 1. The van der Waals surface area contributed by atoms with Crippen LogP contribution in [0.1, 0.15) is 15.9 Å². The van der Waals surface area contributed by atoms with Crippen LogP contribution in [0.5, 0.6) is 0 Å². The van der Waals surface area contributed by atoms with Crippen molar-refractivity contribution in [1.29, 1.82) is 5.26 Å². The normalized spacial score (nSPS) is 9.59. The maximum atomic E-state index is 11.7. The SMILES string of the molecule is N#Cc1ccc(NC(=O)c2cn[nH]c2N)cc1. The summed E-state index contributed by atoms with van der Waals surface area (Å²) in [6, 6.07) is 8.53. The molecule has 6 heteroatoms. The molecule has 4 N–H and O–H groups in total. The van der Waals surface area contributed by atoms with Crippen LogP contribution in [0.3, 0.4) is 0 Å². The summed E-state index contributed by atoms with van der Waals surface area (Å²) in [6.45, 7) is 0. The Balaban J connectivity index is 2.14. The average Bonchev–Trinajstić information content (AvgIpc) is 2.76. The van der Waals surface area contributed by atoms with Crippen LogP contribution in [-0.4, -0.2) is 16.1 Å². The molecule has 0 bridgehead atoms. The number of aromatic nitrogens is 2. The molecule has 0 aliphatic heterocycles. The number of nitrogens with two attached hydrogens (primary N) is 1. The van der Waals surface area contributed by atoms with Gasteiger partial charge in [0.1, 0.15) is 11.4 Å². The molecule has 0 atom stereocenters. The van der Waals surface area contributed by atoms with Crippen molar-refractivity contribution in [2.24, 2.45) is 0 Å². The molecule has 0 spiro atoms. The number of benzene rings is 1. The van der Waals surface area contributed by atoms with Gasteiger partial charge in [0.15, 0.2) is 0 Å². The molecule has 1 aromatic heterocycles. The third-order valence-electron chi connectivity index (χ3n) is 2.19. The highest BCUT2D eigenvalue weighted by Crippen LogP contribution is 2.12. The first kappa shape index (κ1) is 10.7. The van der Waals surface area contributed by atoms with E-state index in [9.17, 15) is 4.79 Å². The van der Waals surface area contributed by atoms with Crippen LogP contribution in [0.4, 0.5) is 11.5 Å². The molecule has 0 aliphatic rings. The van der Waals surface area contributed by atoms with E-state index in [1.807, 2.05) is 6.07 Å². The molecule has 1 amide bonds. The zero-order valence-corrected chi connectivity index (χ0v) is 8.77. The van der Waals surface area contributed by atoms with Crippen LogP contribution in [0.2, 0.25) is 0 Å². The summed E-state index contributed by atoms with van der Waals surface area (Å²) in [4.78, 5) is 11.7. The standard InChI is InChI=1S/C11H9N5O/c12-5-7-1-3-8(4-2-7)15-11(17)9-6-14-16-10(9)13/h1-4,6H,(H,15,17)(H3,13,14,16). The number of rotatable bonds is 2. The Kier molecular flexibility index (Phi) is 2.75. The number of nitrogen functional groups attached to an aromatic ring is 1. The fourth-order valence-electron chi connectivity index (χ4n) is 1.30. The first-order valence-corrected chi connectivity index (χ1v) is 4.81. The van der Waals surface area contributed by atoms with Crippen molar-refractivity contribution in [1.82, 2.24) is 10.2 Å². The van der Waals surface area contributed by atoms with Gasteiger partial charge in [-0.1, -0.05) is 0 Å². The Morgan fingerprint density at radius 2 is 2.12 bits per heavy atom. The Morgan fingerprint density at radius 1 is 1.41 bits per heavy atom. The number of anilines is 2. The van der Waals surface area contributed by atoms with E-state index in [0.29, 0.717) is 11.3 Å². The fourth-order valence-corrected chi connectivity index (χ4v) is 1.30. The highest BCUT2D eigenvalue weighted by molar-refractivity contribution is 6.07. The monoisotopic (exact) mass is 227 g/mol. The molecule has 0 unspecified atom stereocenters. The largest absolute Gasteiger partial charge is 0.383 e. The Morgan fingerprint density at radius 3 is 2.65 bits per heavy atom. The van der Waals surface area contributed by atoms with Gasteiger partial charge in [-0.3, -0.25) is 9.89 Å². The zero-order chi connectivity index (χ0) is 12.3. The highest BCUT2D eigenvalue weighted by Gasteiger charge is 2.11. The van der Waals surface area contributed by atoms with E-state index in [1.54, 1.807) is 24.3 Å². The number of carbonyl (C=O) groups is 1. The lowest BCUT2D eigenvalue weighted by Gasteiger charge is -2.03. The minimum absolute atomic E-state index is 0.219. The quantitative estimate of drug-likeness (QED) is 0.714. The lowest BCUT2D eigenvalue weighted by Crippen LogP contribution is -2.12. The molecule has 0 saturated heterocycles. The summed E-state index contributed by atoms with van der Waals surface area (Å²) >= 11 is 0. The predicted octanol–water partition coefficient (Wildman–Crippen LogP) is 1.12. The van der Waals surface area contributed by atoms with Crippen molar-refractivity contribution in [2.45, 2.75) is 0 Å². The van der Waals surface area contributed by atoms with Crippen molar-refractivity contribution in [3.05, 3.63) is 41.6 Å². The molecular formula is C11H9N5O. The third-order valence-corrected chi connectivity index (χ3v) is 2.19. The number of carbonyl (C=O) groups excluding carboxylic acids is 1. The Labute approximate surface area is 97.1 Å². The molecule has 84 valence electrons. The van der Waals surface area contributed by atoms with E-state index in [1.165, 1.54) is 6.20 Å². The molecule has 0 aliphatic carbocycles. The van der Waals surface area contributed by atoms with Gasteiger partial charge in [0.2, 0.25) is 0 Å². The molecule has 2 aromatic rings. The third kappa shape index (κ3) is 2.23. The van der Waals surface area contributed by atoms with E-state index < -0.39 is 0 Å². The number of nitrogens with one attached hydrogen (secondary N) is 2. The van der Waals surface area contributed by atoms with Crippen LogP contribution in [0, 0.1) is 11.3 Å². The molecule has 0 saturated carbocycles. The number of hydrogen-bond acceptors (Lipinski definition) is 4. The number of aromatic amines is 1. The van der Waals surface area contributed by atoms with E-state index in [2.05, 4.69) is 15.5 Å². The first-order chi connectivity index (χ1) is 8.20. The van der Waals surface area contributed by atoms with Crippen molar-refractivity contribution < 1.29 is 4.79 Å². The van der Waals surface area contributed by atoms with Crippen LogP contribution in [-0.2, 0) is 0 Å². The first-order valence-electron chi connectivity index (χ1n) is 4.81. The number of amides is 1. The van der Waals surface area contributed by atoms with Crippen molar-refractivity contribution in [3.63, 3.8) is 0 Å². The van der Waals surface area contributed by atoms with E-state index in [0.717, 1.165) is 0 Å². The van der Waals surface area contributed by atoms with Gasteiger partial charge in [0, 0.05) is 5.69 Å². The molecule has 2 rings (SSSR count). The molecule has 6 nitrogen and oxygen atoms in total. The zero-order valence-electron chi connectivity index (χ0n) is 8.77. The van der Waals surface area contributed by atoms with Crippen molar-refractivity contribution >= 4 is 17.4 Å². The second-order valence-electron chi connectivity index (χ2n) is 3.34. The second-order valence-corrected chi connectivity index (χ2v) is 3.34. The minimum atomic E-state index is -0.346. The van der Waals surface area contributed by atoms with Gasteiger partial charge in [0.25, 0.3) is 5.91 Å². The summed E-state index contributed by atoms with van der Waals surface area (Å²) < 4.78 is 0. The van der Waals surface area contributed by atoms with E-state index in [4.69, 9.17) is 11.0 Å². The van der Waals surface area contributed by atoms with Crippen molar-refractivity contribution in [2.75, 3.05) is 11.1 Å². The lowest BCUT2D eigenvalue weighted by atomic mass is 10.2. The summed E-state index contributed by atoms with van der Waals surface area (Å²) in [5.74, 6) is -0.128. The smallest absolute Gasteiger partial charge is 0.261 e. The van der Waals surface area contributed by atoms with Gasteiger partial charge >= 0.3 is 0 Å². The number of nitrogens with zero attached hydrogens (tertiary/aromatic N) is 2. The van der Waals surface area contributed by atoms with E-state index in [-0.39, 0.29) is 17.3 Å². The number of nitriles is 1. The number of hydrogen-bond donors (Lipinski definition) is 3. The second kappa shape index (κ2) is 4.37. The maximum absolute atomic E-state index is 11.7. The van der Waals surface area contributed by atoms with Gasteiger partial charge in [-0.15, -0.1) is 0 Å². The van der Waals surface area contributed by atoms with Crippen LogP contribution in [0.15, 0.2) is 30.5 Å². The molecule has 1 aromatic carbocycles. The summed E-state index contributed by atoms with van der Waals surface area (Å²) in [5, 5.41) is 17.4. The molecule has 17 heavy (non-hydrogen) atoms. The summed E-state index contributed by atoms with van der Waals surface area (Å²) in [7, 11) is 0. The molecule has 0 radical (unpaired) electrons. The summed E-state index contributed by atoms with van der Waals surface area (Å²) in [5.41, 5.74) is 6.93. The maximum Gasteiger partial charge on any atom is 0.261 e. The highest BCUT2D eigenvalue weighted by atomic mass is 16.1. The molecule has 0 fully saturated rings. The van der Waals surface area contributed by atoms with Gasteiger partial charge < -0.3 is 11.1 Å². The minimum Gasteiger partial charge on any atom is -0.383 e. The van der Waals surface area contributed by atoms with Gasteiger partial charge in [-0.05, 0) is 24.3 Å². The average molecular weight is 227 g/mol. The van der Waals surface area contributed by atoms with Crippen molar-refractivity contribution in [3.8, 4) is 6.07 Å². The molecule has 1 heterocycles. The van der Waals surface area contributed by atoms with E-state index >= 15 is 0 Å². The fraction of sp³-hybridized carbons (Fsp3) is 0.